The summed E-state index contributed by atoms with van der Waals surface area (Å²) in [6.45, 7) is 2.41. The van der Waals surface area contributed by atoms with E-state index in [2.05, 4.69) is 15.3 Å². The Labute approximate surface area is 97.9 Å². The van der Waals surface area contributed by atoms with Crippen molar-refractivity contribution in [1.82, 2.24) is 20.0 Å². The molecule has 0 fully saturated rings. The molecule has 6 nitrogen and oxygen atoms in total. The molecule has 2 aromatic heterocycles. The molecule has 0 aromatic carbocycles. The molecule has 88 valence electrons. The average molecular weight is 232 g/mol. The first kappa shape index (κ1) is 11.3. The van der Waals surface area contributed by atoms with Crippen LogP contribution in [0, 0.1) is 6.92 Å². The van der Waals surface area contributed by atoms with Crippen LogP contribution in [0.15, 0.2) is 24.4 Å². The normalized spacial score (nSPS) is 10.4. The topological polar surface area (TPSA) is 80.9 Å². The Balaban J connectivity index is 2.08. The van der Waals surface area contributed by atoms with Crippen LogP contribution in [0.25, 0.3) is 0 Å². The Hall–Kier alpha value is -2.24. The molecule has 0 saturated heterocycles. The number of aromatic nitrogens is 4. The highest BCUT2D eigenvalue weighted by atomic mass is 16.4. The monoisotopic (exact) mass is 232 g/mol. The van der Waals surface area contributed by atoms with Crippen LogP contribution in [0.5, 0.6) is 0 Å². The summed E-state index contributed by atoms with van der Waals surface area (Å²) in [6, 6.07) is 5.74. The van der Waals surface area contributed by atoms with E-state index in [0.29, 0.717) is 12.2 Å². The molecule has 0 saturated carbocycles. The van der Waals surface area contributed by atoms with Crippen LogP contribution in [0.1, 0.15) is 17.1 Å². The molecule has 0 aliphatic heterocycles. The van der Waals surface area contributed by atoms with Crippen LogP contribution in [0.3, 0.4) is 0 Å². The largest absolute Gasteiger partial charge is 0.481 e. The number of carbonyl (C=O) groups is 1. The van der Waals surface area contributed by atoms with Crippen LogP contribution in [-0.4, -0.2) is 31.1 Å². The molecule has 0 spiro atoms. The molecule has 2 heterocycles. The second kappa shape index (κ2) is 4.73. The number of hydrogen-bond acceptors (Lipinski definition) is 4. The first-order valence-electron chi connectivity index (χ1n) is 5.17. The number of aliphatic carboxylic acids is 1. The van der Waals surface area contributed by atoms with Crippen molar-refractivity contribution < 1.29 is 9.90 Å². The van der Waals surface area contributed by atoms with Crippen molar-refractivity contribution in [2.45, 2.75) is 19.9 Å². The minimum absolute atomic E-state index is 0.110. The minimum atomic E-state index is -0.911. The van der Waals surface area contributed by atoms with Crippen molar-refractivity contribution in [2.24, 2.45) is 0 Å². The third kappa shape index (κ3) is 3.10. The smallest absolute Gasteiger partial charge is 0.309 e. The van der Waals surface area contributed by atoms with Gasteiger partial charge in [0.2, 0.25) is 0 Å². The van der Waals surface area contributed by atoms with Gasteiger partial charge in [-0.25, -0.2) is 4.68 Å². The number of carboxylic acids is 1. The van der Waals surface area contributed by atoms with E-state index in [-0.39, 0.29) is 6.42 Å². The van der Waals surface area contributed by atoms with Crippen LogP contribution in [0.2, 0.25) is 0 Å². The fourth-order valence-corrected chi connectivity index (χ4v) is 1.51. The van der Waals surface area contributed by atoms with Crippen molar-refractivity contribution >= 4 is 5.97 Å². The van der Waals surface area contributed by atoms with Crippen LogP contribution < -0.4 is 0 Å². The fraction of sp³-hybridized carbons (Fsp3) is 0.273. The summed E-state index contributed by atoms with van der Waals surface area (Å²) in [5.41, 5.74) is 2.26. The Morgan fingerprint density at radius 3 is 2.94 bits per heavy atom. The molecule has 17 heavy (non-hydrogen) atoms. The van der Waals surface area contributed by atoms with Crippen LogP contribution in [-0.2, 0) is 17.8 Å². The maximum atomic E-state index is 10.5. The number of pyridine rings is 1. The van der Waals surface area contributed by atoms with E-state index < -0.39 is 5.97 Å². The Kier molecular flexibility index (Phi) is 3.13. The van der Waals surface area contributed by atoms with E-state index in [9.17, 15) is 4.79 Å². The maximum absolute atomic E-state index is 10.5. The van der Waals surface area contributed by atoms with Gasteiger partial charge in [0.25, 0.3) is 0 Å². The molecule has 0 amide bonds. The summed E-state index contributed by atoms with van der Waals surface area (Å²) in [6.07, 6.45) is 1.51. The van der Waals surface area contributed by atoms with Gasteiger partial charge in [-0.3, -0.25) is 9.78 Å². The zero-order valence-electron chi connectivity index (χ0n) is 9.37. The van der Waals surface area contributed by atoms with Crippen molar-refractivity contribution in [1.29, 1.82) is 0 Å². The summed E-state index contributed by atoms with van der Waals surface area (Å²) in [5.74, 6) is -0.911. The maximum Gasteiger partial charge on any atom is 0.309 e. The van der Waals surface area contributed by atoms with Crippen LogP contribution in [0.4, 0.5) is 0 Å². The molecular weight excluding hydrogens is 220 g/mol. The Morgan fingerprint density at radius 2 is 2.24 bits per heavy atom. The second-order valence-electron chi connectivity index (χ2n) is 3.75. The quantitative estimate of drug-likeness (QED) is 0.837. The van der Waals surface area contributed by atoms with E-state index in [1.54, 1.807) is 10.9 Å². The minimum Gasteiger partial charge on any atom is -0.481 e. The van der Waals surface area contributed by atoms with Crippen molar-refractivity contribution in [3.63, 3.8) is 0 Å². The summed E-state index contributed by atoms with van der Waals surface area (Å²) in [4.78, 5) is 14.8. The van der Waals surface area contributed by atoms with Crippen molar-refractivity contribution in [2.75, 3.05) is 0 Å². The van der Waals surface area contributed by atoms with E-state index in [1.807, 2.05) is 25.1 Å². The standard InChI is InChI=1S/C11H12N4O2/c1-8-3-2-4-9(12-8)6-15-7-10(13-14-15)5-11(16)17/h2-4,7H,5-6H2,1H3,(H,16,17). The lowest BCUT2D eigenvalue weighted by Gasteiger charge is -2.00. The van der Waals surface area contributed by atoms with Crippen molar-refractivity contribution in [3.8, 4) is 0 Å². The van der Waals surface area contributed by atoms with Gasteiger partial charge in [-0.05, 0) is 19.1 Å². The van der Waals surface area contributed by atoms with Gasteiger partial charge in [-0.2, -0.15) is 0 Å². The average Bonchev–Trinajstić information content (AvgIpc) is 2.64. The molecule has 0 radical (unpaired) electrons. The molecule has 2 rings (SSSR count). The van der Waals surface area contributed by atoms with Gasteiger partial charge in [0.05, 0.1) is 24.4 Å². The van der Waals surface area contributed by atoms with Crippen molar-refractivity contribution in [3.05, 3.63) is 41.5 Å². The fourth-order valence-electron chi connectivity index (χ4n) is 1.51. The highest BCUT2D eigenvalue weighted by molar-refractivity contribution is 5.69. The highest BCUT2D eigenvalue weighted by Crippen LogP contribution is 2.02. The Bertz CT molecular complexity index is 536. The molecular formula is C11H12N4O2. The third-order valence-electron chi connectivity index (χ3n) is 2.19. The zero-order valence-corrected chi connectivity index (χ0v) is 9.37. The van der Waals surface area contributed by atoms with E-state index in [4.69, 9.17) is 5.11 Å². The van der Waals surface area contributed by atoms with Gasteiger partial charge >= 0.3 is 5.97 Å². The predicted molar refractivity (Wildman–Crippen MR) is 59.4 cm³/mol. The molecule has 0 unspecified atom stereocenters. The van der Waals surface area contributed by atoms with Gasteiger partial charge < -0.3 is 5.11 Å². The third-order valence-corrected chi connectivity index (χ3v) is 2.19. The number of hydrogen-bond donors (Lipinski definition) is 1. The van der Waals surface area contributed by atoms with Gasteiger partial charge in [0.15, 0.2) is 0 Å². The Morgan fingerprint density at radius 1 is 1.41 bits per heavy atom. The lowest BCUT2D eigenvalue weighted by atomic mass is 10.3. The molecule has 6 heteroatoms. The molecule has 0 aliphatic carbocycles. The number of aryl methyl sites for hydroxylation is 1. The number of nitrogens with zero attached hydrogens (tertiary/aromatic N) is 4. The molecule has 0 atom stereocenters. The van der Waals surface area contributed by atoms with Gasteiger partial charge in [0.1, 0.15) is 0 Å². The summed E-state index contributed by atoms with van der Waals surface area (Å²) in [5, 5.41) is 16.2. The molecule has 0 aliphatic rings. The molecule has 2 aromatic rings. The van der Waals surface area contributed by atoms with E-state index >= 15 is 0 Å². The summed E-state index contributed by atoms with van der Waals surface area (Å²) in [7, 11) is 0. The lowest BCUT2D eigenvalue weighted by Crippen LogP contribution is -2.03. The van der Waals surface area contributed by atoms with Crippen LogP contribution >= 0.6 is 0 Å². The number of rotatable bonds is 4. The zero-order chi connectivity index (χ0) is 12.3. The van der Waals surface area contributed by atoms with Gasteiger partial charge in [0, 0.05) is 11.9 Å². The summed E-state index contributed by atoms with van der Waals surface area (Å²) < 4.78 is 1.58. The highest BCUT2D eigenvalue weighted by Gasteiger charge is 2.06. The van der Waals surface area contributed by atoms with Gasteiger partial charge in [-0.1, -0.05) is 11.3 Å². The second-order valence-corrected chi connectivity index (χ2v) is 3.75. The van der Waals surface area contributed by atoms with E-state index in [0.717, 1.165) is 11.4 Å². The predicted octanol–water partition coefficient (Wildman–Crippen LogP) is 0.657. The summed E-state index contributed by atoms with van der Waals surface area (Å²) >= 11 is 0. The lowest BCUT2D eigenvalue weighted by molar-refractivity contribution is -0.136. The van der Waals surface area contributed by atoms with E-state index in [1.165, 1.54) is 0 Å². The first-order chi connectivity index (χ1) is 8.13. The van der Waals surface area contributed by atoms with Gasteiger partial charge in [-0.15, -0.1) is 5.10 Å². The SMILES string of the molecule is Cc1cccc(Cn2cc(CC(=O)O)nn2)n1. The molecule has 0 bridgehead atoms. The number of carboxylic acid groups (broad SMARTS) is 1. The molecule has 1 N–H and O–H groups in total. The first-order valence-corrected chi connectivity index (χ1v) is 5.17.